The smallest absolute Gasteiger partial charge is 0.321 e. The number of urea groups is 1. The van der Waals surface area contributed by atoms with Crippen molar-refractivity contribution < 1.29 is 14.4 Å². The Morgan fingerprint density at radius 3 is 1.86 bits per heavy atom. The van der Waals surface area contributed by atoms with Gasteiger partial charge in [-0.2, -0.15) is 0 Å². The van der Waals surface area contributed by atoms with Gasteiger partial charge in [0.05, 0.1) is 6.04 Å². The summed E-state index contributed by atoms with van der Waals surface area (Å²) in [4.78, 5) is 41.3. The van der Waals surface area contributed by atoms with Crippen LogP contribution in [0.2, 0.25) is 0 Å². The zero-order chi connectivity index (χ0) is 20.8. The molecule has 5 rings (SSSR count). The number of piperazine rings is 1. The number of imide groups is 1. The van der Waals surface area contributed by atoms with Crippen molar-refractivity contribution in [1.82, 2.24) is 20.4 Å². The average molecular weight is 405 g/mol. The highest BCUT2D eigenvalue weighted by molar-refractivity contribution is 5.97. The van der Waals surface area contributed by atoms with Crippen LogP contribution in [0.15, 0.2) is 0 Å². The summed E-state index contributed by atoms with van der Waals surface area (Å²) in [7, 11) is 0. The van der Waals surface area contributed by atoms with Crippen LogP contribution in [-0.2, 0) is 9.59 Å². The lowest BCUT2D eigenvalue weighted by molar-refractivity contribution is -0.137. The van der Waals surface area contributed by atoms with Crippen molar-refractivity contribution in [3.05, 3.63) is 0 Å². The maximum atomic E-state index is 12.7. The van der Waals surface area contributed by atoms with Crippen LogP contribution in [0.3, 0.4) is 0 Å². The van der Waals surface area contributed by atoms with Gasteiger partial charge < -0.3 is 10.2 Å². The predicted octanol–water partition coefficient (Wildman–Crippen LogP) is 1.97. The molecule has 4 aliphatic carbocycles. The average Bonchev–Trinajstić information content (AvgIpc) is 2.65. The Kier molecular flexibility index (Phi) is 5.62. The molecule has 2 N–H and O–H groups in total. The van der Waals surface area contributed by atoms with E-state index in [1.807, 2.05) is 25.7 Å². The first-order valence-electron chi connectivity index (χ1n) is 11.4. The van der Waals surface area contributed by atoms with E-state index >= 15 is 0 Å². The molecule has 1 saturated heterocycles. The van der Waals surface area contributed by atoms with E-state index < -0.39 is 0 Å². The quantitative estimate of drug-likeness (QED) is 0.751. The van der Waals surface area contributed by atoms with E-state index in [-0.39, 0.29) is 35.3 Å². The summed E-state index contributed by atoms with van der Waals surface area (Å²) in [6, 6.07) is -0.717. The molecular formula is C22H36N4O3. The summed E-state index contributed by atoms with van der Waals surface area (Å²) in [6.45, 7) is 8.24. The molecule has 4 saturated carbocycles. The van der Waals surface area contributed by atoms with Crippen LogP contribution in [0.5, 0.6) is 0 Å². The number of amides is 4. The first-order valence-corrected chi connectivity index (χ1v) is 11.4. The van der Waals surface area contributed by atoms with Gasteiger partial charge in [-0.05, 0) is 63.2 Å². The third kappa shape index (κ3) is 4.30. The lowest BCUT2D eigenvalue weighted by Crippen LogP contribution is -2.63. The summed E-state index contributed by atoms with van der Waals surface area (Å²) in [5.74, 6) is 2.16. The van der Waals surface area contributed by atoms with E-state index in [4.69, 9.17) is 0 Å². The molecule has 0 aromatic heterocycles. The number of nitrogens with one attached hydrogen (secondary N) is 2. The Morgan fingerprint density at radius 1 is 0.862 bits per heavy atom. The normalized spacial score (nSPS) is 34.9. The Bertz CT molecular complexity index is 634. The molecule has 29 heavy (non-hydrogen) atoms. The fourth-order valence-corrected chi connectivity index (χ4v) is 6.61. The summed E-state index contributed by atoms with van der Waals surface area (Å²) in [6.07, 6.45) is 7.18. The zero-order valence-electron chi connectivity index (χ0n) is 18.1. The Labute approximate surface area is 173 Å². The fourth-order valence-electron chi connectivity index (χ4n) is 6.61. The molecule has 4 bridgehead atoms. The van der Waals surface area contributed by atoms with Gasteiger partial charge in [-0.1, -0.05) is 13.8 Å². The molecular weight excluding hydrogens is 368 g/mol. The second-order valence-electron chi connectivity index (χ2n) is 10.3. The molecule has 0 aromatic carbocycles. The fraction of sp³-hybridized carbons (Fsp3) is 0.864. The lowest BCUT2D eigenvalue weighted by Gasteiger charge is -2.56. The van der Waals surface area contributed by atoms with Crippen LogP contribution in [0.4, 0.5) is 4.79 Å². The summed E-state index contributed by atoms with van der Waals surface area (Å²) < 4.78 is 0. The second-order valence-corrected chi connectivity index (χ2v) is 10.3. The van der Waals surface area contributed by atoms with Gasteiger partial charge in [0.2, 0.25) is 11.8 Å². The minimum Gasteiger partial charge on any atom is -0.340 e. The number of carbonyl (C=O) groups is 3. The van der Waals surface area contributed by atoms with Crippen molar-refractivity contribution in [2.24, 2.45) is 23.7 Å². The highest BCUT2D eigenvalue weighted by Crippen LogP contribution is 2.55. The molecule has 0 spiro atoms. The van der Waals surface area contributed by atoms with Gasteiger partial charge in [0, 0.05) is 37.6 Å². The maximum absolute atomic E-state index is 12.7. The third-order valence-electron chi connectivity index (χ3n) is 7.70. The van der Waals surface area contributed by atoms with Gasteiger partial charge in [0.15, 0.2) is 0 Å². The number of nitrogens with zero attached hydrogens (tertiary/aromatic N) is 2. The van der Waals surface area contributed by atoms with E-state index in [2.05, 4.69) is 15.5 Å². The number of carbonyl (C=O) groups excluding carboxylic acids is 3. The molecule has 5 aliphatic rings. The highest BCUT2D eigenvalue weighted by Gasteiger charge is 2.51. The van der Waals surface area contributed by atoms with Crippen LogP contribution in [-0.4, -0.2) is 65.4 Å². The SMILES string of the molecule is CC(C)C(=O)N1CCN(C(C)C(=O)NC(=O)NC23CC4CC(CC(C4)C2)C3)CC1. The topological polar surface area (TPSA) is 81.8 Å². The zero-order valence-corrected chi connectivity index (χ0v) is 18.1. The lowest BCUT2D eigenvalue weighted by atomic mass is 9.53. The number of hydrogen-bond donors (Lipinski definition) is 2. The molecule has 7 heteroatoms. The van der Waals surface area contributed by atoms with Crippen LogP contribution < -0.4 is 10.6 Å². The largest absolute Gasteiger partial charge is 0.340 e. The molecule has 4 amide bonds. The first kappa shape index (κ1) is 20.6. The van der Waals surface area contributed by atoms with Crippen LogP contribution in [0.25, 0.3) is 0 Å². The van der Waals surface area contributed by atoms with Gasteiger partial charge >= 0.3 is 6.03 Å². The van der Waals surface area contributed by atoms with Crippen molar-refractivity contribution in [1.29, 1.82) is 0 Å². The molecule has 162 valence electrons. The summed E-state index contributed by atoms with van der Waals surface area (Å²) in [5.41, 5.74) is -0.0921. The van der Waals surface area contributed by atoms with E-state index in [9.17, 15) is 14.4 Å². The van der Waals surface area contributed by atoms with Crippen LogP contribution in [0, 0.1) is 23.7 Å². The van der Waals surface area contributed by atoms with Crippen molar-refractivity contribution in [2.45, 2.75) is 70.9 Å². The minimum atomic E-state index is -0.381. The highest BCUT2D eigenvalue weighted by atomic mass is 16.2. The standard InChI is InChI=1S/C22H36N4O3/c1-14(2)20(28)26-6-4-25(5-7-26)15(3)19(27)23-21(29)24-22-11-16-8-17(12-22)10-18(9-16)13-22/h14-18H,4-13H2,1-3H3,(H2,23,24,27,29). The van der Waals surface area contributed by atoms with Gasteiger partial charge in [0.1, 0.15) is 0 Å². The molecule has 1 heterocycles. The number of rotatable bonds is 4. The Morgan fingerprint density at radius 2 is 1.38 bits per heavy atom. The minimum absolute atomic E-state index is 0.00412. The monoisotopic (exact) mass is 404 g/mol. The maximum Gasteiger partial charge on any atom is 0.321 e. The van der Waals surface area contributed by atoms with E-state index in [0.29, 0.717) is 26.2 Å². The van der Waals surface area contributed by atoms with Gasteiger partial charge in [-0.15, -0.1) is 0 Å². The van der Waals surface area contributed by atoms with Crippen molar-refractivity contribution in [2.75, 3.05) is 26.2 Å². The summed E-state index contributed by atoms with van der Waals surface area (Å²) >= 11 is 0. The predicted molar refractivity (Wildman–Crippen MR) is 110 cm³/mol. The van der Waals surface area contributed by atoms with Crippen LogP contribution in [0.1, 0.15) is 59.3 Å². The van der Waals surface area contributed by atoms with Crippen molar-refractivity contribution >= 4 is 17.8 Å². The van der Waals surface area contributed by atoms with Crippen molar-refractivity contribution in [3.8, 4) is 0 Å². The third-order valence-corrected chi connectivity index (χ3v) is 7.70. The van der Waals surface area contributed by atoms with Crippen molar-refractivity contribution in [3.63, 3.8) is 0 Å². The molecule has 1 atom stereocenters. The molecule has 1 aliphatic heterocycles. The van der Waals surface area contributed by atoms with E-state index in [0.717, 1.165) is 37.0 Å². The Balaban J connectivity index is 1.26. The Hall–Kier alpha value is -1.63. The second kappa shape index (κ2) is 7.89. The first-order chi connectivity index (χ1) is 13.7. The molecule has 1 unspecified atom stereocenters. The van der Waals surface area contributed by atoms with Gasteiger partial charge in [-0.3, -0.25) is 19.8 Å². The van der Waals surface area contributed by atoms with Gasteiger partial charge in [0.25, 0.3) is 0 Å². The van der Waals surface area contributed by atoms with Gasteiger partial charge in [-0.25, -0.2) is 4.79 Å². The molecule has 0 aromatic rings. The molecule has 7 nitrogen and oxygen atoms in total. The number of hydrogen-bond acceptors (Lipinski definition) is 4. The van der Waals surface area contributed by atoms with E-state index in [1.165, 1.54) is 19.3 Å². The molecule has 0 radical (unpaired) electrons. The van der Waals surface area contributed by atoms with E-state index in [1.54, 1.807) is 0 Å². The molecule has 5 fully saturated rings. The summed E-state index contributed by atoms with van der Waals surface area (Å²) in [5, 5.41) is 5.80. The van der Waals surface area contributed by atoms with Crippen LogP contribution >= 0.6 is 0 Å².